The number of methoxy groups -OCH3 is 1. The molecule has 0 saturated heterocycles. The monoisotopic (exact) mass is 399 g/mol. The summed E-state index contributed by atoms with van der Waals surface area (Å²) in [6.45, 7) is 3.96. The number of aromatic amines is 1. The Kier molecular flexibility index (Phi) is 4.71. The van der Waals surface area contributed by atoms with E-state index >= 15 is 0 Å². The average Bonchev–Trinajstić information content (AvgIpc) is 3.25. The Morgan fingerprint density at radius 2 is 2.19 bits per heavy atom. The van der Waals surface area contributed by atoms with Crippen LogP contribution in [0.25, 0.3) is 15.9 Å². The molecule has 3 aromatic heterocycles. The second-order valence-electron chi connectivity index (χ2n) is 5.95. The number of fused-ring (bicyclic) bond motifs is 1. The third-order valence-electron chi connectivity index (χ3n) is 4.27. The number of H-pyrrole nitrogens is 1. The van der Waals surface area contributed by atoms with E-state index in [0.717, 1.165) is 26.7 Å². The van der Waals surface area contributed by atoms with Crippen LogP contribution in [-0.4, -0.2) is 31.8 Å². The molecule has 138 valence electrons. The third kappa shape index (κ3) is 3.35. The van der Waals surface area contributed by atoms with Crippen LogP contribution < -0.4 is 10.3 Å². The Bertz CT molecular complexity index is 1180. The molecule has 1 N–H and O–H groups in total. The molecule has 0 unspecified atom stereocenters. The maximum Gasteiger partial charge on any atom is 0.259 e. The van der Waals surface area contributed by atoms with E-state index in [2.05, 4.69) is 20.2 Å². The van der Waals surface area contributed by atoms with E-state index in [4.69, 9.17) is 4.74 Å². The molecule has 0 amide bonds. The first-order chi connectivity index (χ1) is 13.1. The van der Waals surface area contributed by atoms with E-state index in [1.165, 1.54) is 11.8 Å². The van der Waals surface area contributed by atoms with Crippen LogP contribution >= 0.6 is 23.1 Å². The summed E-state index contributed by atoms with van der Waals surface area (Å²) in [4.78, 5) is 21.8. The van der Waals surface area contributed by atoms with Gasteiger partial charge >= 0.3 is 0 Å². The van der Waals surface area contributed by atoms with Gasteiger partial charge in [0.15, 0.2) is 5.16 Å². The van der Waals surface area contributed by atoms with Crippen LogP contribution in [0.1, 0.15) is 16.3 Å². The summed E-state index contributed by atoms with van der Waals surface area (Å²) < 4.78 is 7.16. The van der Waals surface area contributed by atoms with Gasteiger partial charge in [0.25, 0.3) is 5.56 Å². The van der Waals surface area contributed by atoms with Gasteiger partial charge in [-0.3, -0.25) is 9.36 Å². The second-order valence-corrected chi connectivity index (χ2v) is 8.10. The molecule has 0 spiro atoms. The fraction of sp³-hybridized carbons (Fsp3) is 0.222. The Morgan fingerprint density at radius 1 is 1.33 bits per heavy atom. The molecule has 9 heteroatoms. The van der Waals surface area contributed by atoms with Crippen molar-refractivity contribution in [2.45, 2.75) is 24.8 Å². The van der Waals surface area contributed by atoms with E-state index in [-0.39, 0.29) is 5.56 Å². The van der Waals surface area contributed by atoms with Gasteiger partial charge in [-0.15, -0.1) is 21.5 Å². The molecule has 0 aliphatic carbocycles. The molecule has 0 saturated carbocycles. The van der Waals surface area contributed by atoms with Crippen molar-refractivity contribution in [1.29, 1.82) is 0 Å². The van der Waals surface area contributed by atoms with Crippen LogP contribution in [0.2, 0.25) is 0 Å². The number of benzene rings is 1. The summed E-state index contributed by atoms with van der Waals surface area (Å²) >= 11 is 3.01. The third-order valence-corrected chi connectivity index (χ3v) is 6.33. The van der Waals surface area contributed by atoms with Crippen molar-refractivity contribution in [2.75, 3.05) is 7.11 Å². The summed E-state index contributed by atoms with van der Waals surface area (Å²) in [6, 6.07) is 7.67. The lowest BCUT2D eigenvalue weighted by atomic mass is 10.2. The van der Waals surface area contributed by atoms with Crippen molar-refractivity contribution in [3.8, 4) is 11.4 Å². The first kappa shape index (κ1) is 17.7. The summed E-state index contributed by atoms with van der Waals surface area (Å²) in [5.41, 5.74) is 1.82. The number of nitrogens with zero attached hydrogens (tertiary/aromatic N) is 4. The van der Waals surface area contributed by atoms with E-state index in [1.807, 2.05) is 42.7 Å². The van der Waals surface area contributed by atoms with Crippen molar-refractivity contribution in [3.63, 3.8) is 0 Å². The van der Waals surface area contributed by atoms with E-state index < -0.39 is 0 Å². The molecule has 7 nitrogen and oxygen atoms in total. The minimum absolute atomic E-state index is 0.0910. The fourth-order valence-corrected chi connectivity index (χ4v) is 4.61. The summed E-state index contributed by atoms with van der Waals surface area (Å²) in [7, 11) is 1.63. The number of thioether (sulfide) groups is 1. The minimum atomic E-state index is -0.0910. The zero-order valence-electron chi connectivity index (χ0n) is 15.0. The molecule has 0 fully saturated rings. The van der Waals surface area contributed by atoms with Crippen molar-refractivity contribution in [2.24, 2.45) is 0 Å². The highest BCUT2D eigenvalue weighted by Gasteiger charge is 2.13. The van der Waals surface area contributed by atoms with E-state index in [1.54, 1.807) is 24.8 Å². The molecular weight excluding hydrogens is 382 g/mol. The van der Waals surface area contributed by atoms with E-state index in [9.17, 15) is 4.79 Å². The topological polar surface area (TPSA) is 85.7 Å². The highest BCUT2D eigenvalue weighted by atomic mass is 32.2. The lowest BCUT2D eigenvalue weighted by molar-refractivity contribution is 0.414. The molecule has 0 radical (unpaired) electrons. The van der Waals surface area contributed by atoms with Gasteiger partial charge in [-0.2, -0.15) is 0 Å². The SMILES string of the molecule is COc1cccc(-n2cnnc2SCc2nc3sc(C)c(C)c3c(=O)[nH]2)c1. The molecule has 4 rings (SSSR count). The number of thiophene rings is 1. The van der Waals surface area contributed by atoms with E-state index in [0.29, 0.717) is 22.1 Å². The van der Waals surface area contributed by atoms with Crippen molar-refractivity contribution in [1.82, 2.24) is 24.7 Å². The van der Waals surface area contributed by atoms with Gasteiger partial charge in [-0.05, 0) is 31.5 Å². The maximum atomic E-state index is 12.4. The molecule has 1 aromatic carbocycles. The highest BCUT2D eigenvalue weighted by molar-refractivity contribution is 7.98. The quantitative estimate of drug-likeness (QED) is 0.517. The highest BCUT2D eigenvalue weighted by Crippen LogP contribution is 2.28. The van der Waals surface area contributed by atoms with Gasteiger partial charge < -0.3 is 9.72 Å². The van der Waals surface area contributed by atoms with Crippen LogP contribution in [0.3, 0.4) is 0 Å². The Labute approximate surface area is 163 Å². The van der Waals surface area contributed by atoms with Gasteiger partial charge in [0.2, 0.25) is 0 Å². The number of rotatable bonds is 5. The number of hydrogen-bond acceptors (Lipinski definition) is 7. The summed E-state index contributed by atoms with van der Waals surface area (Å²) in [6.07, 6.45) is 1.66. The number of aromatic nitrogens is 5. The van der Waals surface area contributed by atoms with Gasteiger partial charge in [-0.25, -0.2) is 4.98 Å². The smallest absolute Gasteiger partial charge is 0.259 e. The number of hydrogen-bond donors (Lipinski definition) is 1. The van der Waals surface area contributed by atoms with Crippen LogP contribution in [0.4, 0.5) is 0 Å². The number of ether oxygens (including phenoxy) is 1. The molecule has 27 heavy (non-hydrogen) atoms. The first-order valence-corrected chi connectivity index (χ1v) is 10.0. The largest absolute Gasteiger partial charge is 0.497 e. The number of nitrogens with one attached hydrogen (secondary N) is 1. The second kappa shape index (κ2) is 7.16. The normalized spacial score (nSPS) is 11.2. The lowest BCUT2D eigenvalue weighted by Crippen LogP contribution is -2.11. The van der Waals surface area contributed by atoms with Gasteiger partial charge in [-0.1, -0.05) is 17.8 Å². The maximum absolute atomic E-state index is 12.4. The minimum Gasteiger partial charge on any atom is -0.497 e. The fourth-order valence-electron chi connectivity index (χ4n) is 2.76. The molecule has 0 atom stereocenters. The molecule has 0 aliphatic heterocycles. The predicted molar refractivity (Wildman–Crippen MR) is 107 cm³/mol. The zero-order valence-corrected chi connectivity index (χ0v) is 16.6. The zero-order chi connectivity index (χ0) is 19.0. The molecule has 4 aromatic rings. The van der Waals surface area contributed by atoms with Crippen LogP contribution in [0, 0.1) is 13.8 Å². The molecule has 0 bridgehead atoms. The lowest BCUT2D eigenvalue weighted by Gasteiger charge is -2.07. The Balaban J connectivity index is 1.61. The summed E-state index contributed by atoms with van der Waals surface area (Å²) in [5.74, 6) is 1.88. The first-order valence-electron chi connectivity index (χ1n) is 8.23. The Hall–Kier alpha value is -2.65. The predicted octanol–water partition coefficient (Wildman–Crippen LogP) is 3.48. The molecule has 3 heterocycles. The number of aryl methyl sites for hydroxylation is 2. The average molecular weight is 400 g/mol. The molecule has 0 aliphatic rings. The van der Waals surface area contributed by atoms with Gasteiger partial charge in [0.1, 0.15) is 22.7 Å². The molecular formula is C18H17N5O2S2. The van der Waals surface area contributed by atoms with Crippen molar-refractivity contribution >= 4 is 33.3 Å². The Morgan fingerprint density at radius 3 is 3.00 bits per heavy atom. The van der Waals surface area contributed by atoms with Crippen molar-refractivity contribution < 1.29 is 4.74 Å². The summed E-state index contributed by atoms with van der Waals surface area (Å²) in [5, 5.41) is 9.59. The van der Waals surface area contributed by atoms with Gasteiger partial charge in [0.05, 0.1) is 23.9 Å². The van der Waals surface area contributed by atoms with Crippen molar-refractivity contribution in [3.05, 3.63) is 57.2 Å². The van der Waals surface area contributed by atoms with Crippen LogP contribution in [0.5, 0.6) is 5.75 Å². The standard InChI is InChI=1S/C18H17N5O2S2/c1-10-11(2)27-17-15(10)16(24)20-14(21-17)8-26-18-22-19-9-23(18)12-5-4-6-13(7-12)25-3/h4-7,9H,8H2,1-3H3,(H,20,21,24). The van der Waals surface area contributed by atoms with Gasteiger partial charge in [0, 0.05) is 10.9 Å². The van der Waals surface area contributed by atoms with Crippen LogP contribution in [0.15, 0.2) is 40.5 Å². The van der Waals surface area contributed by atoms with Crippen LogP contribution in [-0.2, 0) is 5.75 Å².